The van der Waals surface area contributed by atoms with Crippen molar-refractivity contribution in [3.8, 4) is 11.5 Å². The van der Waals surface area contributed by atoms with E-state index >= 15 is 0 Å². The number of aryl methyl sites for hydroxylation is 1. The third kappa shape index (κ3) is 3.02. The largest absolute Gasteiger partial charge is 0.469 e. The van der Waals surface area contributed by atoms with Crippen LogP contribution in [0.3, 0.4) is 0 Å². The minimum absolute atomic E-state index is 0.246. The van der Waals surface area contributed by atoms with Gasteiger partial charge in [0.25, 0.3) is 5.89 Å². The van der Waals surface area contributed by atoms with Gasteiger partial charge < -0.3 is 19.6 Å². The molecule has 0 saturated heterocycles. The third-order valence-electron chi connectivity index (χ3n) is 3.21. The minimum atomic E-state index is -0.246. The highest BCUT2D eigenvalue weighted by atomic mass is 16.5. The average molecular weight is 264 g/mol. The molecule has 0 radical (unpaired) electrons. The highest BCUT2D eigenvalue weighted by molar-refractivity contribution is 5.54. The molecule has 6 heteroatoms. The van der Waals surface area contributed by atoms with Gasteiger partial charge in [-0.2, -0.15) is 4.98 Å². The van der Waals surface area contributed by atoms with Crippen LogP contribution in [-0.2, 0) is 0 Å². The van der Waals surface area contributed by atoms with Crippen LogP contribution in [0.25, 0.3) is 11.5 Å². The first-order valence-electron chi connectivity index (χ1n) is 6.51. The van der Waals surface area contributed by atoms with Crippen LogP contribution in [0.4, 0.5) is 0 Å². The molecule has 0 aromatic carbocycles. The summed E-state index contributed by atoms with van der Waals surface area (Å²) in [4.78, 5) is 6.57. The van der Waals surface area contributed by atoms with Crippen molar-refractivity contribution >= 4 is 0 Å². The van der Waals surface area contributed by atoms with E-state index in [-0.39, 0.29) is 6.04 Å². The van der Waals surface area contributed by atoms with Crippen molar-refractivity contribution in [3.63, 3.8) is 0 Å². The summed E-state index contributed by atoms with van der Waals surface area (Å²) in [6, 6.07) is 1.56. The summed E-state index contributed by atoms with van der Waals surface area (Å²) in [6.07, 6.45) is 1.60. The Morgan fingerprint density at radius 1 is 1.37 bits per heavy atom. The number of nitrogens with zero attached hydrogens (tertiary/aromatic N) is 3. The van der Waals surface area contributed by atoms with Crippen molar-refractivity contribution in [2.24, 2.45) is 5.73 Å². The van der Waals surface area contributed by atoms with E-state index < -0.39 is 0 Å². The lowest BCUT2D eigenvalue weighted by molar-refractivity contribution is 0.278. The van der Waals surface area contributed by atoms with E-state index in [1.165, 1.54) is 0 Å². The number of rotatable bonds is 6. The van der Waals surface area contributed by atoms with Gasteiger partial charge in [0.1, 0.15) is 5.76 Å². The predicted molar refractivity (Wildman–Crippen MR) is 71.5 cm³/mol. The number of likely N-dealkylation sites (N-methyl/N-ethyl adjacent to an activating group) is 1. The van der Waals surface area contributed by atoms with Crippen LogP contribution in [0.1, 0.15) is 31.5 Å². The summed E-state index contributed by atoms with van der Waals surface area (Å²) in [7, 11) is 0. The molecular weight excluding hydrogens is 244 g/mol. The second kappa shape index (κ2) is 5.99. The maximum absolute atomic E-state index is 6.10. The van der Waals surface area contributed by atoms with Crippen LogP contribution in [0, 0.1) is 6.92 Å². The van der Waals surface area contributed by atoms with E-state index in [2.05, 4.69) is 28.9 Å². The Morgan fingerprint density at radius 3 is 2.68 bits per heavy atom. The molecule has 2 aromatic rings. The number of hydrogen-bond donors (Lipinski definition) is 1. The molecule has 0 bridgehead atoms. The highest BCUT2D eigenvalue weighted by Crippen LogP contribution is 2.23. The standard InChI is InChI=1S/C13H20N4O2/c1-4-17(5-2)8-11(14)12-15-13(19-16-12)10-6-7-18-9(10)3/h6-7,11H,4-5,8,14H2,1-3H3. The van der Waals surface area contributed by atoms with Crippen LogP contribution in [-0.4, -0.2) is 34.7 Å². The smallest absolute Gasteiger partial charge is 0.261 e. The van der Waals surface area contributed by atoms with Crippen molar-refractivity contribution in [1.82, 2.24) is 15.0 Å². The second-order valence-electron chi connectivity index (χ2n) is 4.44. The van der Waals surface area contributed by atoms with Crippen LogP contribution in [0.2, 0.25) is 0 Å². The quantitative estimate of drug-likeness (QED) is 0.859. The van der Waals surface area contributed by atoms with E-state index in [0.29, 0.717) is 11.7 Å². The lowest BCUT2D eigenvalue weighted by Gasteiger charge is -2.20. The molecule has 1 atom stereocenters. The molecule has 104 valence electrons. The molecule has 0 aliphatic heterocycles. The van der Waals surface area contributed by atoms with Gasteiger partial charge >= 0.3 is 0 Å². The Labute approximate surface area is 112 Å². The molecule has 2 heterocycles. The van der Waals surface area contributed by atoms with Gasteiger partial charge in [-0.3, -0.25) is 0 Å². The van der Waals surface area contributed by atoms with Crippen molar-refractivity contribution < 1.29 is 8.94 Å². The highest BCUT2D eigenvalue weighted by Gasteiger charge is 2.18. The molecule has 0 aliphatic carbocycles. The van der Waals surface area contributed by atoms with Crippen LogP contribution in [0.15, 0.2) is 21.3 Å². The van der Waals surface area contributed by atoms with E-state index in [1.807, 2.05) is 13.0 Å². The summed E-state index contributed by atoms with van der Waals surface area (Å²) in [6.45, 7) is 8.69. The number of nitrogens with two attached hydrogens (primary N) is 1. The first-order chi connectivity index (χ1) is 9.15. The maximum atomic E-state index is 6.10. The number of aromatic nitrogens is 2. The first-order valence-corrected chi connectivity index (χ1v) is 6.51. The molecule has 0 fully saturated rings. The first kappa shape index (κ1) is 13.8. The molecule has 2 N–H and O–H groups in total. The zero-order chi connectivity index (χ0) is 13.8. The molecule has 0 saturated carbocycles. The Balaban J connectivity index is 2.11. The molecule has 2 rings (SSSR count). The van der Waals surface area contributed by atoms with Gasteiger partial charge in [0, 0.05) is 6.54 Å². The molecule has 0 aliphatic rings. The number of hydrogen-bond acceptors (Lipinski definition) is 6. The Bertz CT molecular complexity index is 516. The fourth-order valence-corrected chi connectivity index (χ4v) is 1.94. The Kier molecular flexibility index (Phi) is 4.34. The van der Waals surface area contributed by atoms with Gasteiger partial charge in [0.2, 0.25) is 0 Å². The Morgan fingerprint density at radius 2 is 2.11 bits per heavy atom. The van der Waals surface area contributed by atoms with Crippen molar-refractivity contribution in [2.75, 3.05) is 19.6 Å². The Hall–Kier alpha value is -1.66. The van der Waals surface area contributed by atoms with Gasteiger partial charge in [-0.05, 0) is 26.1 Å². The topological polar surface area (TPSA) is 81.3 Å². The fraction of sp³-hybridized carbons (Fsp3) is 0.538. The maximum Gasteiger partial charge on any atom is 0.261 e. The van der Waals surface area contributed by atoms with Crippen molar-refractivity contribution in [2.45, 2.75) is 26.8 Å². The minimum Gasteiger partial charge on any atom is -0.469 e. The second-order valence-corrected chi connectivity index (χ2v) is 4.44. The van der Waals surface area contributed by atoms with Gasteiger partial charge in [-0.1, -0.05) is 19.0 Å². The molecule has 1 unspecified atom stereocenters. The molecule has 6 nitrogen and oxygen atoms in total. The van der Waals surface area contributed by atoms with E-state index in [4.69, 9.17) is 14.7 Å². The van der Waals surface area contributed by atoms with Crippen LogP contribution >= 0.6 is 0 Å². The average Bonchev–Trinajstić information content (AvgIpc) is 3.03. The summed E-state index contributed by atoms with van der Waals surface area (Å²) in [5.41, 5.74) is 6.92. The van der Waals surface area contributed by atoms with Gasteiger partial charge in [-0.25, -0.2) is 0 Å². The van der Waals surface area contributed by atoms with E-state index in [1.54, 1.807) is 6.26 Å². The molecule has 0 spiro atoms. The number of furan rings is 1. The molecule has 19 heavy (non-hydrogen) atoms. The zero-order valence-electron chi connectivity index (χ0n) is 11.6. The van der Waals surface area contributed by atoms with Gasteiger partial charge in [-0.15, -0.1) is 0 Å². The summed E-state index contributed by atoms with van der Waals surface area (Å²) in [5, 5.41) is 3.96. The normalized spacial score (nSPS) is 13.1. The third-order valence-corrected chi connectivity index (χ3v) is 3.21. The lowest BCUT2D eigenvalue weighted by atomic mass is 10.2. The van der Waals surface area contributed by atoms with Crippen molar-refractivity contribution in [1.29, 1.82) is 0 Å². The van der Waals surface area contributed by atoms with Gasteiger partial charge in [0.15, 0.2) is 5.82 Å². The van der Waals surface area contributed by atoms with Gasteiger partial charge in [0.05, 0.1) is 17.9 Å². The molecular formula is C13H20N4O2. The van der Waals surface area contributed by atoms with Crippen molar-refractivity contribution in [3.05, 3.63) is 23.9 Å². The summed E-state index contributed by atoms with van der Waals surface area (Å²) >= 11 is 0. The van der Waals surface area contributed by atoms with E-state index in [0.717, 1.165) is 31.0 Å². The lowest BCUT2D eigenvalue weighted by Crippen LogP contribution is -2.32. The zero-order valence-corrected chi connectivity index (χ0v) is 11.6. The molecule has 2 aromatic heterocycles. The monoisotopic (exact) mass is 264 g/mol. The SMILES string of the molecule is CCN(CC)CC(N)c1noc(-c2ccoc2C)n1. The fourth-order valence-electron chi connectivity index (χ4n) is 1.94. The predicted octanol–water partition coefficient (Wildman–Crippen LogP) is 1.98. The molecule has 0 amide bonds. The van der Waals surface area contributed by atoms with E-state index in [9.17, 15) is 0 Å². The summed E-state index contributed by atoms with van der Waals surface area (Å²) < 4.78 is 10.5. The van der Waals surface area contributed by atoms with Crippen LogP contribution in [0.5, 0.6) is 0 Å². The summed E-state index contributed by atoms with van der Waals surface area (Å²) in [5.74, 6) is 1.74. The van der Waals surface area contributed by atoms with Crippen LogP contribution < -0.4 is 5.73 Å².